The van der Waals surface area contributed by atoms with Crippen molar-refractivity contribution in [2.75, 3.05) is 19.8 Å². The van der Waals surface area contributed by atoms with Gasteiger partial charge >= 0.3 is 19.8 Å². The first-order valence-corrected chi connectivity index (χ1v) is 25.4. The van der Waals surface area contributed by atoms with E-state index in [4.69, 9.17) is 13.8 Å². The number of allylic oxidation sites excluding steroid dienone is 24. The second kappa shape index (κ2) is 46.9. The summed E-state index contributed by atoms with van der Waals surface area (Å²) in [5.41, 5.74) is 0. The van der Waals surface area contributed by atoms with E-state index in [0.717, 1.165) is 103 Å². The molecule has 1 amide bonds. The van der Waals surface area contributed by atoms with E-state index in [-0.39, 0.29) is 12.8 Å². The lowest BCUT2D eigenvalue weighted by molar-refractivity contribution is -0.147. The van der Waals surface area contributed by atoms with Crippen LogP contribution in [0.5, 0.6) is 0 Å². The predicted octanol–water partition coefficient (Wildman–Crippen LogP) is 13.1. The van der Waals surface area contributed by atoms with E-state index < -0.39 is 57.6 Å². The van der Waals surface area contributed by atoms with Gasteiger partial charge in [-0.1, -0.05) is 160 Å². The average Bonchev–Trinajstić information content (AvgIpc) is 3.29. The summed E-state index contributed by atoms with van der Waals surface area (Å²) in [5.74, 6) is -2.51. The zero-order chi connectivity index (χ0) is 48.4. The zero-order valence-electron chi connectivity index (χ0n) is 39.9. The van der Waals surface area contributed by atoms with Crippen LogP contribution in [0.15, 0.2) is 146 Å². The van der Waals surface area contributed by atoms with Gasteiger partial charge < -0.3 is 25.2 Å². The van der Waals surface area contributed by atoms with Crippen LogP contribution in [0.3, 0.4) is 0 Å². The van der Waals surface area contributed by atoms with E-state index in [1.165, 1.54) is 0 Å². The van der Waals surface area contributed by atoms with Crippen LogP contribution < -0.4 is 5.32 Å². The highest BCUT2D eigenvalue weighted by molar-refractivity contribution is 7.47. The Morgan fingerprint density at radius 2 is 0.818 bits per heavy atom. The first-order chi connectivity index (χ1) is 32.1. The molecule has 0 spiro atoms. The first kappa shape index (κ1) is 61.4. The fourth-order valence-electron chi connectivity index (χ4n) is 5.50. The number of carbonyl (C=O) groups excluding carboxylic acids is 2. The van der Waals surface area contributed by atoms with Crippen LogP contribution in [0.2, 0.25) is 0 Å². The van der Waals surface area contributed by atoms with Gasteiger partial charge in [0.15, 0.2) is 6.04 Å². The number of unbranched alkanes of at least 4 members (excludes halogenated alkanes) is 4. The monoisotopic (exact) mass is 936 g/mol. The molecule has 0 aromatic rings. The highest BCUT2D eigenvalue weighted by Crippen LogP contribution is 2.43. The number of hydrogen-bond donors (Lipinski definition) is 4. The Labute approximate surface area is 397 Å². The van der Waals surface area contributed by atoms with Crippen LogP contribution in [-0.4, -0.2) is 64.9 Å². The quantitative estimate of drug-likeness (QED) is 0.0200. The van der Waals surface area contributed by atoms with Crippen LogP contribution in [0.25, 0.3) is 0 Å². The highest BCUT2D eigenvalue weighted by Gasteiger charge is 2.28. The van der Waals surface area contributed by atoms with Crippen LogP contribution in [0.4, 0.5) is 0 Å². The SMILES string of the molecule is CC/C=C\C/C=C\C/C=C\C/C=C\C/C=C\C/C=C\CCCCC(=O)NC(COP(=O)(O)OCC(O)COC(=O)CCCC/C=C\C/C=C\C/C=C\C/C=C\C/C=C\C/C=C\CC)C(=O)O. The maximum absolute atomic E-state index is 12.3. The molecule has 0 bridgehead atoms. The summed E-state index contributed by atoms with van der Waals surface area (Å²) in [6.07, 6.45) is 65.9. The number of carboxylic acid groups (broad SMARTS) is 1. The summed E-state index contributed by atoms with van der Waals surface area (Å²) >= 11 is 0. The molecule has 12 heteroatoms. The molecule has 0 aromatic heterocycles. The van der Waals surface area contributed by atoms with E-state index in [2.05, 4.69) is 159 Å². The smallest absolute Gasteiger partial charge is 0.472 e. The molecule has 0 aliphatic heterocycles. The molecular formula is C54H82NO10P. The summed E-state index contributed by atoms with van der Waals surface area (Å²) in [7, 11) is -4.80. The molecule has 0 radical (unpaired) electrons. The highest BCUT2D eigenvalue weighted by atomic mass is 31.2. The summed E-state index contributed by atoms with van der Waals surface area (Å²) in [5, 5.41) is 21.8. The van der Waals surface area contributed by atoms with Gasteiger partial charge in [-0.2, -0.15) is 0 Å². The summed E-state index contributed by atoms with van der Waals surface area (Å²) in [4.78, 5) is 46.0. The number of aliphatic hydroxyl groups excluding tert-OH is 1. The van der Waals surface area contributed by atoms with Crippen molar-refractivity contribution >= 4 is 25.7 Å². The van der Waals surface area contributed by atoms with E-state index in [0.29, 0.717) is 12.8 Å². The van der Waals surface area contributed by atoms with E-state index >= 15 is 0 Å². The average molecular weight is 936 g/mol. The minimum absolute atomic E-state index is 0.0774. The van der Waals surface area contributed by atoms with Gasteiger partial charge in [0.1, 0.15) is 12.7 Å². The molecule has 66 heavy (non-hydrogen) atoms. The van der Waals surface area contributed by atoms with Gasteiger partial charge in [-0.3, -0.25) is 18.6 Å². The minimum atomic E-state index is -4.80. The lowest BCUT2D eigenvalue weighted by Crippen LogP contribution is -2.43. The Balaban J connectivity index is 4.05. The number of aliphatic hydroxyl groups is 1. The van der Waals surface area contributed by atoms with Gasteiger partial charge in [-0.15, -0.1) is 0 Å². The summed E-state index contributed by atoms with van der Waals surface area (Å²) in [6.45, 7) is 2.27. The van der Waals surface area contributed by atoms with Crippen LogP contribution >= 0.6 is 7.82 Å². The van der Waals surface area contributed by atoms with Gasteiger partial charge in [-0.25, -0.2) is 9.36 Å². The van der Waals surface area contributed by atoms with Crippen molar-refractivity contribution in [3.05, 3.63) is 146 Å². The van der Waals surface area contributed by atoms with Crippen molar-refractivity contribution in [1.82, 2.24) is 5.32 Å². The number of aliphatic carboxylic acids is 1. The van der Waals surface area contributed by atoms with Crippen molar-refractivity contribution in [3.63, 3.8) is 0 Å². The van der Waals surface area contributed by atoms with Crippen LogP contribution in [0, 0.1) is 0 Å². The Bertz CT molecular complexity index is 1660. The number of carboxylic acids is 1. The molecule has 0 saturated carbocycles. The summed E-state index contributed by atoms with van der Waals surface area (Å²) in [6, 6.07) is -1.59. The number of amides is 1. The predicted molar refractivity (Wildman–Crippen MR) is 272 cm³/mol. The van der Waals surface area contributed by atoms with Crippen molar-refractivity contribution in [2.45, 2.75) is 154 Å². The van der Waals surface area contributed by atoms with E-state index in [9.17, 15) is 34.1 Å². The third-order valence-corrected chi connectivity index (χ3v) is 10.1. The number of esters is 1. The Kier molecular flexibility index (Phi) is 43.6. The number of ether oxygens (including phenoxy) is 1. The van der Waals surface area contributed by atoms with Gasteiger partial charge in [-0.05, 0) is 116 Å². The lowest BCUT2D eigenvalue weighted by Gasteiger charge is -2.18. The molecule has 0 saturated heterocycles. The third kappa shape index (κ3) is 45.9. The molecule has 0 heterocycles. The molecule has 368 valence electrons. The van der Waals surface area contributed by atoms with Gasteiger partial charge in [0.05, 0.1) is 13.2 Å². The Hall–Kier alpha value is -4.64. The van der Waals surface area contributed by atoms with Crippen molar-refractivity contribution in [1.29, 1.82) is 0 Å². The normalized spacial score (nSPS) is 14.8. The maximum Gasteiger partial charge on any atom is 0.472 e. The lowest BCUT2D eigenvalue weighted by atomic mass is 10.1. The minimum Gasteiger partial charge on any atom is -0.480 e. The number of rotatable bonds is 42. The molecule has 0 aliphatic carbocycles. The number of phosphoric ester groups is 1. The summed E-state index contributed by atoms with van der Waals surface area (Å²) < 4.78 is 26.8. The Morgan fingerprint density at radius 3 is 1.18 bits per heavy atom. The fraction of sp³-hybridized carbons (Fsp3) is 0.500. The van der Waals surface area contributed by atoms with Gasteiger partial charge in [0.2, 0.25) is 5.91 Å². The molecule has 3 unspecified atom stereocenters. The molecule has 0 aromatic carbocycles. The van der Waals surface area contributed by atoms with Crippen LogP contribution in [-0.2, 0) is 32.7 Å². The van der Waals surface area contributed by atoms with Crippen molar-refractivity contribution < 1.29 is 47.8 Å². The standard InChI is InChI=1S/C54H82NO10P/c1-3-5-7-9-11-13-15-17-19-21-23-25-27-29-31-33-35-37-39-41-43-45-52(57)55-51(54(59)60)49-65-66(61,62)64-48-50(56)47-63-53(58)46-44-42-40-38-36-34-32-30-28-26-24-22-20-18-16-14-12-10-8-6-4-2/h5-8,11-14,17-20,23-26,29-32,35-38,50-51,56H,3-4,9-10,15-16,21-22,27-28,33-34,39-49H2,1-2H3,(H,55,57)(H,59,60)(H,61,62)/b7-5-,8-6-,13-11-,14-12-,19-17-,20-18-,25-23-,26-24-,31-29-,32-30-,37-35-,38-36-. The molecule has 0 fully saturated rings. The molecule has 0 rings (SSSR count). The van der Waals surface area contributed by atoms with Crippen molar-refractivity contribution in [2.24, 2.45) is 0 Å². The molecule has 0 aliphatic rings. The number of carbonyl (C=O) groups is 3. The largest absolute Gasteiger partial charge is 0.480 e. The molecule has 3 atom stereocenters. The van der Waals surface area contributed by atoms with Crippen molar-refractivity contribution in [3.8, 4) is 0 Å². The Morgan fingerprint density at radius 1 is 0.485 bits per heavy atom. The zero-order valence-corrected chi connectivity index (χ0v) is 40.8. The first-order valence-electron chi connectivity index (χ1n) is 23.9. The van der Waals surface area contributed by atoms with Gasteiger partial charge in [0, 0.05) is 12.8 Å². The number of nitrogens with one attached hydrogen (secondary N) is 1. The maximum atomic E-state index is 12.3. The third-order valence-electron chi connectivity index (χ3n) is 9.12. The number of hydrogen-bond acceptors (Lipinski definition) is 8. The van der Waals surface area contributed by atoms with E-state index in [1.54, 1.807) is 0 Å². The van der Waals surface area contributed by atoms with Crippen LogP contribution in [0.1, 0.15) is 142 Å². The molecular weight excluding hydrogens is 854 g/mol. The fourth-order valence-corrected chi connectivity index (χ4v) is 6.27. The van der Waals surface area contributed by atoms with E-state index in [1.807, 2.05) is 6.08 Å². The van der Waals surface area contributed by atoms with Gasteiger partial charge in [0.25, 0.3) is 0 Å². The molecule has 4 N–H and O–H groups in total. The molecule has 11 nitrogen and oxygen atoms in total. The second-order valence-electron chi connectivity index (χ2n) is 15.2. The topological polar surface area (TPSA) is 169 Å². The second-order valence-corrected chi connectivity index (χ2v) is 16.6. The number of phosphoric acid groups is 1.